The van der Waals surface area contributed by atoms with Crippen molar-refractivity contribution in [3.63, 3.8) is 0 Å². The molecule has 0 spiro atoms. The van der Waals surface area contributed by atoms with E-state index in [0.29, 0.717) is 11.6 Å². The number of carbonyl (C=O) groups excluding carboxylic acids is 1. The average molecular weight is 237 g/mol. The van der Waals surface area contributed by atoms with Crippen LogP contribution in [-0.2, 0) is 6.42 Å². The van der Waals surface area contributed by atoms with E-state index in [1.165, 1.54) is 0 Å². The molecule has 0 aromatic carbocycles. The Morgan fingerprint density at radius 1 is 1.53 bits per heavy atom. The van der Waals surface area contributed by atoms with Gasteiger partial charge in [0, 0.05) is 6.42 Å². The highest BCUT2D eigenvalue weighted by Gasteiger charge is 2.28. The van der Waals surface area contributed by atoms with Crippen LogP contribution in [0.1, 0.15) is 35.9 Å². The van der Waals surface area contributed by atoms with E-state index in [0.717, 1.165) is 17.9 Å². The predicted octanol–water partition coefficient (Wildman–Crippen LogP) is 0.180. The van der Waals surface area contributed by atoms with Crippen LogP contribution in [-0.4, -0.2) is 28.9 Å². The molecule has 2 rings (SSSR count). The molecule has 1 atom stereocenters. The zero-order valence-corrected chi connectivity index (χ0v) is 10.7. The number of nitrogens with one attached hydrogen (secondary N) is 3. The minimum atomic E-state index is -0.255. The number of aryl methyl sites for hydroxylation is 1. The van der Waals surface area contributed by atoms with Crippen molar-refractivity contribution in [2.24, 2.45) is 5.92 Å². The maximum absolute atomic E-state index is 11.9. The number of hydrogen-bond acceptors (Lipinski definition) is 4. The Balaban J connectivity index is 2.39. The summed E-state index contributed by atoms with van der Waals surface area (Å²) in [6, 6.07) is 0. The first-order valence-corrected chi connectivity index (χ1v) is 5.85. The van der Waals surface area contributed by atoms with E-state index in [1.54, 1.807) is 11.7 Å². The Labute approximate surface area is 101 Å². The molecule has 17 heavy (non-hydrogen) atoms. The summed E-state index contributed by atoms with van der Waals surface area (Å²) in [5.41, 5.74) is 4.55. The Bertz CT molecular complexity index is 437. The molecule has 2 heterocycles. The smallest absolute Gasteiger partial charge is 0.274 e. The molecule has 1 amide bonds. The fourth-order valence-electron chi connectivity index (χ4n) is 1.99. The molecule has 1 unspecified atom stereocenters. The van der Waals surface area contributed by atoms with Crippen molar-refractivity contribution in [1.82, 2.24) is 20.3 Å². The Kier molecular flexibility index (Phi) is 3.06. The Morgan fingerprint density at radius 3 is 2.82 bits per heavy atom. The zero-order valence-electron chi connectivity index (χ0n) is 10.7. The molecule has 94 valence electrons. The first-order chi connectivity index (χ1) is 8.02. The van der Waals surface area contributed by atoms with Crippen molar-refractivity contribution in [3.8, 4) is 0 Å². The number of carbonyl (C=O) groups is 1. The summed E-state index contributed by atoms with van der Waals surface area (Å²) in [5.74, 6) is 1.31. The number of rotatable bonds is 3. The fourth-order valence-corrected chi connectivity index (χ4v) is 1.99. The van der Waals surface area contributed by atoms with Crippen LogP contribution in [0.25, 0.3) is 0 Å². The second kappa shape index (κ2) is 4.37. The summed E-state index contributed by atoms with van der Waals surface area (Å²) >= 11 is 0. The second-order valence-electron chi connectivity index (χ2n) is 4.72. The van der Waals surface area contributed by atoms with Gasteiger partial charge in [0.05, 0.1) is 5.69 Å². The molecule has 3 N–H and O–H groups in total. The lowest BCUT2D eigenvalue weighted by Gasteiger charge is -2.28. The third-order valence-corrected chi connectivity index (χ3v) is 2.75. The molecule has 0 saturated heterocycles. The number of nitrogens with zero attached hydrogens (tertiary/aromatic N) is 2. The van der Waals surface area contributed by atoms with Crippen LogP contribution in [0, 0.1) is 12.8 Å². The van der Waals surface area contributed by atoms with E-state index in [4.69, 9.17) is 0 Å². The summed E-state index contributed by atoms with van der Waals surface area (Å²) in [6.07, 6.45) is 0.590. The zero-order chi connectivity index (χ0) is 12.6. The quantitative estimate of drug-likeness (QED) is 0.701. The van der Waals surface area contributed by atoms with Crippen molar-refractivity contribution < 1.29 is 4.79 Å². The number of aromatic nitrogens is 2. The molecule has 1 aliphatic heterocycles. The summed E-state index contributed by atoms with van der Waals surface area (Å²) in [4.78, 5) is 16.4. The molecule has 6 nitrogen and oxygen atoms in total. The highest BCUT2D eigenvalue weighted by Crippen LogP contribution is 2.15. The molecule has 1 aromatic heterocycles. The standard InChI is InChI=1S/C11H19N5O/c1-6(2)5-8-13-7(3)9-10(17)14-11(12-4)15-16(8)9/h6,11-12,15H,5H2,1-4H3,(H,14,17). The van der Waals surface area contributed by atoms with Crippen LogP contribution >= 0.6 is 0 Å². The fraction of sp³-hybridized carbons (Fsp3) is 0.636. The highest BCUT2D eigenvalue weighted by atomic mass is 16.2. The van der Waals surface area contributed by atoms with Gasteiger partial charge in [0.15, 0.2) is 12.0 Å². The predicted molar refractivity (Wildman–Crippen MR) is 65.2 cm³/mol. The minimum absolute atomic E-state index is 0.0943. The van der Waals surface area contributed by atoms with Crippen molar-refractivity contribution in [3.05, 3.63) is 17.2 Å². The molecule has 0 saturated carbocycles. The van der Waals surface area contributed by atoms with E-state index in [1.807, 2.05) is 6.92 Å². The first kappa shape index (κ1) is 11.9. The Morgan fingerprint density at radius 2 is 2.24 bits per heavy atom. The SMILES string of the molecule is CNC1NC(=O)c2c(C)nc(CC(C)C)n2N1. The van der Waals surface area contributed by atoms with Crippen LogP contribution in [0.5, 0.6) is 0 Å². The van der Waals surface area contributed by atoms with Gasteiger partial charge in [-0.1, -0.05) is 13.8 Å². The number of hydrogen-bond donors (Lipinski definition) is 3. The molecule has 1 aliphatic rings. The molecule has 0 fully saturated rings. The normalized spacial score (nSPS) is 18.9. The molecule has 0 aliphatic carbocycles. The summed E-state index contributed by atoms with van der Waals surface area (Å²) in [7, 11) is 1.79. The second-order valence-corrected chi connectivity index (χ2v) is 4.72. The van der Waals surface area contributed by atoms with Gasteiger partial charge in [0.1, 0.15) is 5.82 Å². The van der Waals surface area contributed by atoms with Gasteiger partial charge in [-0.25, -0.2) is 9.66 Å². The van der Waals surface area contributed by atoms with Crippen LogP contribution in [0.4, 0.5) is 0 Å². The summed E-state index contributed by atoms with van der Waals surface area (Å²) in [6.45, 7) is 6.13. The van der Waals surface area contributed by atoms with Crippen molar-refractivity contribution in [1.29, 1.82) is 0 Å². The lowest BCUT2D eigenvalue weighted by molar-refractivity contribution is 0.0907. The van der Waals surface area contributed by atoms with Gasteiger partial charge in [-0.2, -0.15) is 0 Å². The van der Waals surface area contributed by atoms with E-state index >= 15 is 0 Å². The van der Waals surface area contributed by atoms with Gasteiger partial charge in [-0.05, 0) is 19.9 Å². The van der Waals surface area contributed by atoms with Crippen LogP contribution in [0.3, 0.4) is 0 Å². The van der Waals surface area contributed by atoms with E-state index in [9.17, 15) is 4.79 Å². The van der Waals surface area contributed by atoms with Crippen molar-refractivity contribution in [2.45, 2.75) is 33.5 Å². The lowest BCUT2D eigenvalue weighted by atomic mass is 10.1. The topological polar surface area (TPSA) is 71.0 Å². The molecule has 6 heteroatoms. The third-order valence-electron chi connectivity index (χ3n) is 2.75. The number of amides is 1. The first-order valence-electron chi connectivity index (χ1n) is 5.85. The van der Waals surface area contributed by atoms with E-state index in [-0.39, 0.29) is 12.2 Å². The molecule has 0 radical (unpaired) electrons. The van der Waals surface area contributed by atoms with Crippen LogP contribution in [0.2, 0.25) is 0 Å². The third kappa shape index (κ3) is 2.12. The minimum Gasteiger partial charge on any atom is -0.317 e. The van der Waals surface area contributed by atoms with Gasteiger partial charge in [0.2, 0.25) is 0 Å². The highest BCUT2D eigenvalue weighted by molar-refractivity contribution is 5.95. The van der Waals surface area contributed by atoms with E-state index < -0.39 is 0 Å². The summed E-state index contributed by atoms with van der Waals surface area (Å²) in [5, 5.41) is 5.78. The van der Waals surface area contributed by atoms with Gasteiger partial charge < -0.3 is 5.32 Å². The Hall–Kier alpha value is -1.56. The molecule has 1 aromatic rings. The van der Waals surface area contributed by atoms with Gasteiger partial charge in [-0.15, -0.1) is 0 Å². The van der Waals surface area contributed by atoms with Gasteiger partial charge in [-0.3, -0.25) is 15.5 Å². The van der Waals surface area contributed by atoms with Crippen LogP contribution in [0.15, 0.2) is 0 Å². The van der Waals surface area contributed by atoms with Crippen molar-refractivity contribution in [2.75, 3.05) is 12.5 Å². The molecule has 0 bridgehead atoms. The molecular weight excluding hydrogens is 218 g/mol. The number of imidazole rings is 1. The average Bonchev–Trinajstić information content (AvgIpc) is 2.55. The monoisotopic (exact) mass is 237 g/mol. The number of fused-ring (bicyclic) bond motifs is 1. The molecular formula is C11H19N5O. The lowest BCUT2D eigenvalue weighted by Crippen LogP contribution is -2.57. The maximum atomic E-state index is 11.9. The van der Waals surface area contributed by atoms with Gasteiger partial charge in [0.25, 0.3) is 5.91 Å². The van der Waals surface area contributed by atoms with Gasteiger partial charge >= 0.3 is 0 Å². The van der Waals surface area contributed by atoms with Crippen LogP contribution < -0.4 is 16.1 Å². The largest absolute Gasteiger partial charge is 0.317 e. The summed E-state index contributed by atoms with van der Waals surface area (Å²) < 4.78 is 1.80. The van der Waals surface area contributed by atoms with Crippen molar-refractivity contribution >= 4 is 5.91 Å². The van der Waals surface area contributed by atoms with E-state index in [2.05, 4.69) is 34.9 Å². The maximum Gasteiger partial charge on any atom is 0.274 e.